The molecule has 1 N–H and O–H groups in total. The second-order valence-electron chi connectivity index (χ2n) is 5.25. The number of hydrogen-bond acceptors (Lipinski definition) is 4. The van der Waals surface area contributed by atoms with Crippen LogP contribution in [0.15, 0.2) is 4.79 Å². The van der Waals surface area contributed by atoms with Crippen LogP contribution in [0.1, 0.15) is 47.8 Å². The fourth-order valence-corrected chi connectivity index (χ4v) is 2.54. The molecule has 0 atom stereocenters. The maximum Gasteiger partial charge on any atom is 0.282 e. The SMILES string of the molecule is CCCCn1nc(C)c(/C=C/c2n[nH]c(=O)c(C#N)c2C)c1Cl. The zero-order valence-corrected chi connectivity index (χ0v) is 14.1. The number of aromatic amines is 1. The molecule has 0 aliphatic rings. The molecule has 0 amide bonds. The number of aryl methyl sites for hydroxylation is 2. The first kappa shape index (κ1) is 17.0. The van der Waals surface area contributed by atoms with E-state index in [2.05, 4.69) is 22.2 Å². The van der Waals surface area contributed by atoms with E-state index in [0.717, 1.165) is 30.6 Å². The van der Waals surface area contributed by atoms with E-state index in [1.807, 2.05) is 19.1 Å². The van der Waals surface area contributed by atoms with Crippen LogP contribution in [0.25, 0.3) is 12.2 Å². The summed E-state index contributed by atoms with van der Waals surface area (Å²) >= 11 is 6.37. The fourth-order valence-electron chi connectivity index (χ4n) is 2.22. The molecular weight excluding hydrogens is 314 g/mol. The first-order valence-electron chi connectivity index (χ1n) is 7.40. The largest absolute Gasteiger partial charge is 0.282 e. The molecule has 2 aromatic heterocycles. The summed E-state index contributed by atoms with van der Waals surface area (Å²) in [5.41, 5.74) is 2.29. The number of H-pyrrole nitrogens is 1. The average molecular weight is 332 g/mol. The first-order chi connectivity index (χ1) is 11.0. The molecule has 0 unspecified atom stereocenters. The third-order valence-corrected chi connectivity index (χ3v) is 4.02. The summed E-state index contributed by atoms with van der Waals surface area (Å²) in [5.74, 6) is 0. The van der Waals surface area contributed by atoms with Gasteiger partial charge in [0.2, 0.25) is 0 Å². The van der Waals surface area contributed by atoms with Gasteiger partial charge in [0.1, 0.15) is 16.8 Å². The van der Waals surface area contributed by atoms with Crippen LogP contribution < -0.4 is 5.56 Å². The molecule has 120 valence electrons. The van der Waals surface area contributed by atoms with E-state index in [1.54, 1.807) is 17.7 Å². The third-order valence-electron chi connectivity index (χ3n) is 3.62. The molecule has 2 aromatic rings. The normalized spacial score (nSPS) is 11.1. The molecule has 0 saturated heterocycles. The van der Waals surface area contributed by atoms with Gasteiger partial charge in [-0.2, -0.15) is 15.5 Å². The Hall–Kier alpha value is -2.39. The zero-order chi connectivity index (χ0) is 17.0. The van der Waals surface area contributed by atoms with E-state index in [-0.39, 0.29) is 5.56 Å². The van der Waals surface area contributed by atoms with Crippen molar-refractivity contribution in [3.8, 4) is 6.07 Å². The molecule has 6 nitrogen and oxygen atoms in total. The predicted octanol–water partition coefficient (Wildman–Crippen LogP) is 3.08. The van der Waals surface area contributed by atoms with Crippen LogP contribution >= 0.6 is 11.6 Å². The van der Waals surface area contributed by atoms with Crippen molar-refractivity contribution >= 4 is 23.8 Å². The number of nitrogens with zero attached hydrogens (tertiary/aromatic N) is 4. The Labute approximate surface area is 139 Å². The Morgan fingerprint density at radius 3 is 2.78 bits per heavy atom. The summed E-state index contributed by atoms with van der Waals surface area (Å²) in [7, 11) is 0. The lowest BCUT2D eigenvalue weighted by atomic mass is 10.1. The predicted molar refractivity (Wildman–Crippen MR) is 90.1 cm³/mol. The lowest BCUT2D eigenvalue weighted by Gasteiger charge is -2.01. The molecule has 0 aromatic carbocycles. The van der Waals surface area contributed by atoms with E-state index in [0.29, 0.717) is 16.4 Å². The number of unbranched alkanes of at least 4 members (excludes halogenated alkanes) is 1. The van der Waals surface area contributed by atoms with Gasteiger partial charge in [0, 0.05) is 12.1 Å². The Bertz CT molecular complexity index is 841. The monoisotopic (exact) mass is 331 g/mol. The Morgan fingerprint density at radius 2 is 2.13 bits per heavy atom. The van der Waals surface area contributed by atoms with Gasteiger partial charge in [-0.1, -0.05) is 24.9 Å². The van der Waals surface area contributed by atoms with Gasteiger partial charge in [-0.25, -0.2) is 5.10 Å². The highest BCUT2D eigenvalue weighted by atomic mass is 35.5. The van der Waals surface area contributed by atoms with E-state index >= 15 is 0 Å². The number of nitrogens with one attached hydrogen (secondary N) is 1. The maximum atomic E-state index is 11.5. The van der Waals surface area contributed by atoms with Gasteiger partial charge >= 0.3 is 0 Å². The number of nitriles is 1. The molecular formula is C16H18ClN5O. The van der Waals surface area contributed by atoms with Crippen molar-refractivity contribution in [2.45, 2.75) is 40.2 Å². The molecule has 0 spiro atoms. The zero-order valence-electron chi connectivity index (χ0n) is 13.4. The topological polar surface area (TPSA) is 87.4 Å². The van der Waals surface area contributed by atoms with Crippen LogP contribution in [-0.4, -0.2) is 20.0 Å². The molecule has 7 heteroatoms. The average Bonchev–Trinajstić information content (AvgIpc) is 2.79. The van der Waals surface area contributed by atoms with Crippen LogP contribution in [0.4, 0.5) is 0 Å². The fraction of sp³-hybridized carbons (Fsp3) is 0.375. The van der Waals surface area contributed by atoms with Gasteiger partial charge in [0.15, 0.2) is 0 Å². The van der Waals surface area contributed by atoms with E-state index in [4.69, 9.17) is 16.9 Å². The van der Waals surface area contributed by atoms with Crippen LogP contribution in [0.2, 0.25) is 5.15 Å². The maximum absolute atomic E-state index is 11.5. The minimum absolute atomic E-state index is 0.0705. The summed E-state index contributed by atoms with van der Waals surface area (Å²) in [6.45, 7) is 6.47. The number of halogens is 1. The van der Waals surface area contributed by atoms with Crippen LogP contribution in [0.3, 0.4) is 0 Å². The van der Waals surface area contributed by atoms with Crippen molar-refractivity contribution in [1.29, 1.82) is 5.26 Å². The Morgan fingerprint density at radius 1 is 1.39 bits per heavy atom. The van der Waals surface area contributed by atoms with Gasteiger partial charge in [-0.15, -0.1) is 0 Å². The van der Waals surface area contributed by atoms with Crippen molar-refractivity contribution in [1.82, 2.24) is 20.0 Å². The minimum Gasteiger partial charge on any atom is -0.267 e. The van der Waals surface area contributed by atoms with Crippen molar-refractivity contribution in [2.75, 3.05) is 0 Å². The Kier molecular flexibility index (Phi) is 5.35. The second-order valence-corrected chi connectivity index (χ2v) is 5.61. The molecule has 0 aliphatic carbocycles. The molecule has 0 saturated carbocycles. The lowest BCUT2D eigenvalue weighted by Crippen LogP contribution is -2.15. The summed E-state index contributed by atoms with van der Waals surface area (Å²) in [6.07, 6.45) is 5.61. The highest BCUT2D eigenvalue weighted by Gasteiger charge is 2.12. The van der Waals surface area contributed by atoms with Gasteiger partial charge in [0.25, 0.3) is 5.56 Å². The quantitative estimate of drug-likeness (QED) is 0.912. The van der Waals surface area contributed by atoms with Crippen LogP contribution in [0, 0.1) is 25.2 Å². The summed E-state index contributed by atoms with van der Waals surface area (Å²) in [6, 6.07) is 1.89. The Balaban J connectivity index is 2.37. The van der Waals surface area contributed by atoms with Crippen LogP contribution in [-0.2, 0) is 6.54 Å². The smallest absolute Gasteiger partial charge is 0.267 e. The van der Waals surface area contributed by atoms with Crippen molar-refractivity contribution in [2.24, 2.45) is 0 Å². The van der Waals surface area contributed by atoms with E-state index < -0.39 is 5.56 Å². The molecule has 23 heavy (non-hydrogen) atoms. The molecule has 2 heterocycles. The third kappa shape index (κ3) is 3.51. The minimum atomic E-state index is -0.483. The highest BCUT2D eigenvalue weighted by molar-refractivity contribution is 6.31. The first-order valence-corrected chi connectivity index (χ1v) is 7.77. The highest BCUT2D eigenvalue weighted by Crippen LogP contribution is 2.23. The van der Waals surface area contributed by atoms with E-state index in [9.17, 15) is 4.79 Å². The van der Waals surface area contributed by atoms with Crippen molar-refractivity contribution in [3.05, 3.63) is 43.6 Å². The summed E-state index contributed by atoms with van der Waals surface area (Å²) in [4.78, 5) is 11.5. The molecule has 0 fully saturated rings. The summed E-state index contributed by atoms with van der Waals surface area (Å²) in [5, 5.41) is 20.3. The van der Waals surface area contributed by atoms with E-state index in [1.165, 1.54) is 0 Å². The molecule has 2 rings (SSSR count). The lowest BCUT2D eigenvalue weighted by molar-refractivity contribution is 0.569. The second kappa shape index (κ2) is 7.25. The van der Waals surface area contributed by atoms with Crippen molar-refractivity contribution in [3.63, 3.8) is 0 Å². The standard InChI is InChI=1S/C16H18ClN5O/c1-4-5-8-22-15(17)12(11(3)21-22)6-7-14-10(2)13(9-18)16(23)20-19-14/h6-7H,4-5,8H2,1-3H3,(H,20,23)/b7-6+. The van der Waals surface area contributed by atoms with Gasteiger partial charge in [-0.05, 0) is 38.0 Å². The number of rotatable bonds is 5. The molecule has 0 bridgehead atoms. The molecule has 0 aliphatic heterocycles. The molecule has 0 radical (unpaired) electrons. The van der Waals surface area contributed by atoms with Crippen molar-refractivity contribution < 1.29 is 0 Å². The number of aromatic nitrogens is 4. The van der Waals surface area contributed by atoms with Gasteiger partial charge in [0.05, 0.1) is 11.4 Å². The number of hydrogen-bond donors (Lipinski definition) is 1. The van der Waals surface area contributed by atoms with Gasteiger partial charge < -0.3 is 0 Å². The van der Waals surface area contributed by atoms with Crippen LogP contribution in [0.5, 0.6) is 0 Å². The summed E-state index contributed by atoms with van der Waals surface area (Å²) < 4.78 is 1.79. The van der Waals surface area contributed by atoms with Gasteiger partial charge in [-0.3, -0.25) is 9.48 Å².